The van der Waals surface area contributed by atoms with Crippen LogP contribution in [0.3, 0.4) is 0 Å². The Balaban J connectivity index is 1.94. The fraction of sp³-hybridized carbons (Fsp3) is 0.412. The number of benzene rings is 1. The Labute approximate surface area is 130 Å². The molecule has 21 heavy (non-hydrogen) atoms. The molecule has 0 radical (unpaired) electrons. The molecule has 1 aromatic heterocycles. The lowest BCUT2D eigenvalue weighted by molar-refractivity contribution is 0.136. The van der Waals surface area contributed by atoms with Gasteiger partial charge in [-0.2, -0.15) is 0 Å². The van der Waals surface area contributed by atoms with Crippen LogP contribution in [0.2, 0.25) is 0 Å². The third-order valence-electron chi connectivity index (χ3n) is 4.45. The molecule has 0 spiro atoms. The number of nitrogens with zero attached hydrogens (tertiary/aromatic N) is 1. The Morgan fingerprint density at radius 3 is 2.95 bits per heavy atom. The van der Waals surface area contributed by atoms with Crippen LogP contribution in [0.1, 0.15) is 35.0 Å². The summed E-state index contributed by atoms with van der Waals surface area (Å²) in [4.78, 5) is 4.03. The van der Waals surface area contributed by atoms with Crippen molar-refractivity contribution < 1.29 is 4.74 Å². The molecule has 0 bridgehead atoms. The number of methoxy groups -OCH3 is 1. The molecule has 2 heterocycles. The zero-order chi connectivity index (χ0) is 14.8. The van der Waals surface area contributed by atoms with Crippen LogP contribution in [-0.4, -0.2) is 25.1 Å². The first-order valence-electron chi connectivity index (χ1n) is 7.41. The van der Waals surface area contributed by atoms with E-state index in [9.17, 15) is 0 Å². The predicted octanol–water partition coefficient (Wildman–Crippen LogP) is 3.38. The largest absolute Gasteiger partial charge is 0.496 e. The molecule has 2 unspecified atom stereocenters. The van der Waals surface area contributed by atoms with E-state index in [1.54, 1.807) is 7.11 Å². The molecular formula is C17H22N2OS. The number of thiophene rings is 1. The highest BCUT2D eigenvalue weighted by Crippen LogP contribution is 2.39. The zero-order valence-electron chi connectivity index (χ0n) is 12.6. The van der Waals surface area contributed by atoms with Crippen molar-refractivity contribution >= 4 is 11.3 Å². The molecule has 1 aliphatic heterocycles. The highest BCUT2D eigenvalue weighted by atomic mass is 32.1. The zero-order valence-corrected chi connectivity index (χ0v) is 13.4. The molecule has 0 fully saturated rings. The SMILES string of the molecule is COc1ccccc1C(CN)N1CCc2sccc2C1C. The van der Waals surface area contributed by atoms with Gasteiger partial charge >= 0.3 is 0 Å². The number of para-hydroxylation sites is 1. The van der Waals surface area contributed by atoms with E-state index in [1.165, 1.54) is 16.0 Å². The predicted molar refractivity (Wildman–Crippen MR) is 87.9 cm³/mol. The Bertz CT molecular complexity index is 610. The van der Waals surface area contributed by atoms with Crippen molar-refractivity contribution in [3.63, 3.8) is 0 Å². The minimum Gasteiger partial charge on any atom is -0.496 e. The van der Waals surface area contributed by atoms with Gasteiger partial charge in [-0.1, -0.05) is 18.2 Å². The summed E-state index contributed by atoms with van der Waals surface area (Å²) in [5.74, 6) is 0.927. The third kappa shape index (κ3) is 2.59. The van der Waals surface area contributed by atoms with Gasteiger partial charge in [0.1, 0.15) is 5.75 Å². The van der Waals surface area contributed by atoms with E-state index in [0.29, 0.717) is 12.6 Å². The smallest absolute Gasteiger partial charge is 0.123 e. The molecule has 3 nitrogen and oxygen atoms in total. The van der Waals surface area contributed by atoms with Crippen molar-refractivity contribution in [2.24, 2.45) is 5.73 Å². The Hall–Kier alpha value is -1.36. The molecule has 0 amide bonds. The second kappa shape index (κ2) is 6.18. The van der Waals surface area contributed by atoms with Crippen molar-refractivity contribution in [1.29, 1.82) is 0 Å². The van der Waals surface area contributed by atoms with Gasteiger partial charge in [-0.25, -0.2) is 0 Å². The fourth-order valence-corrected chi connectivity index (χ4v) is 4.30. The van der Waals surface area contributed by atoms with Crippen molar-refractivity contribution in [1.82, 2.24) is 4.90 Å². The second-order valence-electron chi connectivity index (χ2n) is 5.46. The van der Waals surface area contributed by atoms with Gasteiger partial charge < -0.3 is 10.5 Å². The molecular weight excluding hydrogens is 280 g/mol. The maximum Gasteiger partial charge on any atom is 0.123 e. The van der Waals surface area contributed by atoms with Crippen molar-refractivity contribution in [3.05, 3.63) is 51.7 Å². The molecule has 1 aliphatic rings. The molecule has 0 saturated heterocycles. The van der Waals surface area contributed by atoms with Crippen LogP contribution < -0.4 is 10.5 Å². The van der Waals surface area contributed by atoms with Crippen LogP contribution in [-0.2, 0) is 6.42 Å². The number of hydrogen-bond acceptors (Lipinski definition) is 4. The van der Waals surface area contributed by atoms with Crippen LogP contribution in [0, 0.1) is 0 Å². The summed E-state index contributed by atoms with van der Waals surface area (Å²) in [6.45, 7) is 3.93. The standard InChI is InChI=1S/C17H22N2OS/c1-12-13-8-10-21-17(13)7-9-19(12)15(11-18)14-5-3-4-6-16(14)20-2/h3-6,8,10,12,15H,7,9,11,18H2,1-2H3. The van der Waals surface area contributed by atoms with Gasteiger partial charge in [0.25, 0.3) is 0 Å². The minimum atomic E-state index is 0.198. The van der Waals surface area contributed by atoms with E-state index in [1.807, 2.05) is 23.5 Å². The maximum absolute atomic E-state index is 6.12. The molecule has 2 aromatic rings. The van der Waals surface area contributed by atoms with Crippen molar-refractivity contribution in [2.45, 2.75) is 25.4 Å². The number of nitrogens with two attached hydrogens (primary N) is 1. The summed E-state index contributed by atoms with van der Waals surface area (Å²) >= 11 is 1.87. The topological polar surface area (TPSA) is 38.5 Å². The van der Waals surface area contributed by atoms with E-state index in [-0.39, 0.29) is 6.04 Å². The highest BCUT2D eigenvalue weighted by Gasteiger charge is 2.31. The van der Waals surface area contributed by atoms with Crippen molar-refractivity contribution in [3.8, 4) is 5.75 Å². The number of rotatable bonds is 4. The first-order chi connectivity index (χ1) is 10.3. The first kappa shape index (κ1) is 14.6. The lowest BCUT2D eigenvalue weighted by Crippen LogP contribution is -2.39. The summed E-state index contributed by atoms with van der Waals surface area (Å²) < 4.78 is 5.53. The lowest BCUT2D eigenvalue weighted by Gasteiger charge is -2.39. The molecule has 1 aromatic carbocycles. The average molecular weight is 302 g/mol. The van der Waals surface area contributed by atoms with Crippen LogP contribution in [0.4, 0.5) is 0 Å². The molecule has 4 heteroatoms. The maximum atomic E-state index is 6.12. The van der Waals surface area contributed by atoms with E-state index in [4.69, 9.17) is 10.5 Å². The van der Waals surface area contributed by atoms with E-state index < -0.39 is 0 Å². The molecule has 2 atom stereocenters. The number of ether oxygens (including phenoxy) is 1. The van der Waals surface area contributed by atoms with Gasteiger partial charge in [0, 0.05) is 29.6 Å². The molecule has 0 saturated carbocycles. The van der Waals surface area contributed by atoms with Crippen LogP contribution in [0.5, 0.6) is 5.75 Å². The fourth-order valence-electron chi connectivity index (χ4n) is 3.34. The minimum absolute atomic E-state index is 0.198. The van der Waals surface area contributed by atoms with Gasteiger partial charge in [-0.05, 0) is 36.4 Å². The van der Waals surface area contributed by atoms with Crippen LogP contribution in [0.25, 0.3) is 0 Å². The van der Waals surface area contributed by atoms with E-state index in [0.717, 1.165) is 18.7 Å². The van der Waals surface area contributed by atoms with Gasteiger partial charge in [0.2, 0.25) is 0 Å². The van der Waals surface area contributed by atoms with Gasteiger partial charge in [0.05, 0.1) is 13.2 Å². The quantitative estimate of drug-likeness (QED) is 0.941. The summed E-state index contributed by atoms with van der Waals surface area (Å²) in [5, 5.41) is 2.20. The van der Waals surface area contributed by atoms with Crippen molar-refractivity contribution in [2.75, 3.05) is 20.2 Å². The highest BCUT2D eigenvalue weighted by molar-refractivity contribution is 7.10. The number of hydrogen-bond donors (Lipinski definition) is 1. The van der Waals surface area contributed by atoms with Crippen LogP contribution in [0.15, 0.2) is 35.7 Å². The number of fused-ring (bicyclic) bond motifs is 1. The molecule has 2 N–H and O–H groups in total. The van der Waals surface area contributed by atoms with Crippen LogP contribution >= 0.6 is 11.3 Å². The summed E-state index contributed by atoms with van der Waals surface area (Å²) in [5.41, 5.74) is 8.77. The van der Waals surface area contributed by atoms with Gasteiger partial charge in [-0.3, -0.25) is 4.90 Å². The normalized spacial score (nSPS) is 20.0. The summed E-state index contributed by atoms with van der Waals surface area (Å²) in [7, 11) is 1.73. The molecule has 0 aliphatic carbocycles. The lowest BCUT2D eigenvalue weighted by atomic mass is 9.95. The first-order valence-corrected chi connectivity index (χ1v) is 8.29. The average Bonchev–Trinajstić information content (AvgIpc) is 3.00. The molecule has 112 valence electrons. The summed E-state index contributed by atoms with van der Waals surface area (Å²) in [6.07, 6.45) is 1.11. The Morgan fingerprint density at radius 1 is 1.38 bits per heavy atom. The summed E-state index contributed by atoms with van der Waals surface area (Å²) in [6, 6.07) is 11.1. The van der Waals surface area contributed by atoms with Gasteiger partial charge in [-0.15, -0.1) is 11.3 Å². The van der Waals surface area contributed by atoms with E-state index in [2.05, 4.69) is 35.4 Å². The second-order valence-corrected chi connectivity index (χ2v) is 6.46. The monoisotopic (exact) mass is 302 g/mol. The molecule has 3 rings (SSSR count). The third-order valence-corrected chi connectivity index (χ3v) is 5.44. The van der Waals surface area contributed by atoms with Gasteiger partial charge in [0.15, 0.2) is 0 Å². The van der Waals surface area contributed by atoms with E-state index >= 15 is 0 Å². The Kier molecular flexibility index (Phi) is 4.29. The Morgan fingerprint density at radius 2 is 2.19 bits per heavy atom.